The van der Waals surface area contributed by atoms with Crippen LogP contribution in [0.5, 0.6) is 5.75 Å². The molecule has 3 heteroatoms. The van der Waals surface area contributed by atoms with Crippen molar-refractivity contribution in [1.29, 1.82) is 0 Å². The zero-order chi connectivity index (χ0) is 14.6. The summed E-state index contributed by atoms with van der Waals surface area (Å²) in [6.07, 6.45) is 3.89. The fraction of sp³-hybridized carbons (Fsp3) is 0.647. The molecule has 1 N–H and O–H groups in total. The van der Waals surface area contributed by atoms with Crippen molar-refractivity contribution in [2.24, 2.45) is 5.41 Å². The second-order valence-corrected chi connectivity index (χ2v) is 6.38. The van der Waals surface area contributed by atoms with E-state index in [1.165, 1.54) is 24.9 Å². The normalized spacial score (nSPS) is 17.6. The van der Waals surface area contributed by atoms with Gasteiger partial charge >= 0.3 is 0 Å². The maximum absolute atomic E-state index is 5.31. The Kier molecular flexibility index (Phi) is 4.92. The molecule has 0 aliphatic heterocycles. The van der Waals surface area contributed by atoms with Gasteiger partial charge in [-0.25, -0.2) is 0 Å². The summed E-state index contributed by atoms with van der Waals surface area (Å²) < 4.78 is 5.31. The van der Waals surface area contributed by atoms with Crippen molar-refractivity contribution >= 4 is 5.69 Å². The lowest BCUT2D eigenvalue weighted by atomic mass is 9.86. The quantitative estimate of drug-likeness (QED) is 0.788. The molecule has 0 bridgehead atoms. The Morgan fingerprint density at radius 3 is 2.75 bits per heavy atom. The Hall–Kier alpha value is -1.22. The van der Waals surface area contributed by atoms with Crippen LogP contribution in [-0.4, -0.2) is 33.3 Å². The highest BCUT2D eigenvalue weighted by atomic mass is 16.5. The van der Waals surface area contributed by atoms with Crippen LogP contribution in [0.15, 0.2) is 24.3 Å². The topological polar surface area (TPSA) is 24.5 Å². The summed E-state index contributed by atoms with van der Waals surface area (Å²) in [5, 5.41) is 3.68. The molecule has 0 heterocycles. The van der Waals surface area contributed by atoms with E-state index in [9.17, 15) is 0 Å². The van der Waals surface area contributed by atoms with Crippen LogP contribution in [0.25, 0.3) is 0 Å². The Labute approximate surface area is 123 Å². The molecule has 2 rings (SSSR count). The zero-order valence-electron chi connectivity index (χ0n) is 13.3. The fourth-order valence-electron chi connectivity index (χ4n) is 2.48. The smallest absolute Gasteiger partial charge is 0.120 e. The van der Waals surface area contributed by atoms with Gasteiger partial charge < -0.3 is 15.0 Å². The van der Waals surface area contributed by atoms with Crippen molar-refractivity contribution in [2.75, 3.05) is 32.1 Å². The number of ether oxygens (including phenoxy) is 1. The molecule has 1 fully saturated rings. The van der Waals surface area contributed by atoms with E-state index < -0.39 is 0 Å². The van der Waals surface area contributed by atoms with E-state index in [-0.39, 0.29) is 0 Å². The second kappa shape index (κ2) is 6.49. The van der Waals surface area contributed by atoms with Gasteiger partial charge in [0, 0.05) is 37.9 Å². The molecule has 1 aliphatic rings. The van der Waals surface area contributed by atoms with Gasteiger partial charge in [0.2, 0.25) is 0 Å². The Bertz CT molecular complexity index is 431. The summed E-state index contributed by atoms with van der Waals surface area (Å²) >= 11 is 0. The third-order valence-corrected chi connectivity index (χ3v) is 4.36. The van der Waals surface area contributed by atoms with Crippen molar-refractivity contribution in [3.05, 3.63) is 24.3 Å². The van der Waals surface area contributed by atoms with Crippen LogP contribution in [0.1, 0.15) is 33.1 Å². The van der Waals surface area contributed by atoms with E-state index in [0.29, 0.717) is 5.41 Å². The predicted octanol–water partition coefficient (Wildman–Crippen LogP) is 3.30. The molecule has 1 saturated carbocycles. The third-order valence-electron chi connectivity index (χ3n) is 4.36. The molecule has 1 atom stereocenters. The largest absolute Gasteiger partial charge is 0.497 e. The minimum Gasteiger partial charge on any atom is -0.497 e. The summed E-state index contributed by atoms with van der Waals surface area (Å²) in [6, 6.07) is 9.07. The van der Waals surface area contributed by atoms with Crippen molar-refractivity contribution in [2.45, 2.75) is 39.2 Å². The second-order valence-electron chi connectivity index (χ2n) is 6.38. The summed E-state index contributed by atoms with van der Waals surface area (Å²) in [4.78, 5) is 2.33. The maximum Gasteiger partial charge on any atom is 0.120 e. The minimum absolute atomic E-state index is 0.306. The molecule has 0 aromatic heterocycles. The van der Waals surface area contributed by atoms with Crippen LogP contribution < -0.4 is 15.0 Å². The number of benzene rings is 1. The number of hydrogen-bond acceptors (Lipinski definition) is 3. The van der Waals surface area contributed by atoms with Crippen molar-refractivity contribution < 1.29 is 4.74 Å². The summed E-state index contributed by atoms with van der Waals surface area (Å²) in [7, 11) is 3.88. The molecule has 1 aromatic carbocycles. The number of nitrogens with one attached hydrogen (secondary N) is 1. The molecule has 3 nitrogen and oxygen atoms in total. The molecule has 1 aliphatic carbocycles. The van der Waals surface area contributed by atoms with E-state index in [0.717, 1.165) is 24.9 Å². The van der Waals surface area contributed by atoms with Gasteiger partial charge in [0.1, 0.15) is 5.75 Å². The van der Waals surface area contributed by atoms with Crippen LogP contribution in [0.2, 0.25) is 0 Å². The number of hydrogen-bond donors (Lipinski definition) is 1. The molecule has 1 unspecified atom stereocenters. The molecular formula is C17H28N2O. The molecule has 0 radical (unpaired) electrons. The lowest BCUT2D eigenvalue weighted by Crippen LogP contribution is -2.41. The van der Waals surface area contributed by atoms with E-state index >= 15 is 0 Å². The number of nitrogens with zero attached hydrogens (tertiary/aromatic N) is 1. The number of anilines is 1. The lowest BCUT2D eigenvalue weighted by Gasteiger charge is -2.34. The van der Waals surface area contributed by atoms with Gasteiger partial charge in [-0.05, 0) is 36.8 Å². The lowest BCUT2D eigenvalue weighted by molar-refractivity contribution is 0.298. The summed E-state index contributed by atoms with van der Waals surface area (Å²) in [5.41, 5.74) is 1.52. The minimum atomic E-state index is 0.306. The van der Waals surface area contributed by atoms with Gasteiger partial charge in [-0.1, -0.05) is 19.9 Å². The average Bonchev–Trinajstić information content (AvgIpc) is 3.29. The first-order valence-electron chi connectivity index (χ1n) is 7.65. The standard InChI is InChI=1S/C17H28N2O/c1-5-17(2,12-18-14-9-10-14)13-19(3)15-7-6-8-16(11-15)20-4/h6-8,11,14,18H,5,9-10,12-13H2,1-4H3. The van der Waals surface area contributed by atoms with E-state index in [4.69, 9.17) is 4.74 Å². The van der Waals surface area contributed by atoms with Crippen LogP contribution in [0.4, 0.5) is 5.69 Å². The Morgan fingerprint density at radius 2 is 2.15 bits per heavy atom. The van der Waals surface area contributed by atoms with Crippen LogP contribution in [0, 0.1) is 5.41 Å². The van der Waals surface area contributed by atoms with E-state index in [2.05, 4.69) is 49.3 Å². The summed E-state index contributed by atoms with van der Waals surface area (Å²) in [6.45, 7) is 6.81. The Balaban J connectivity index is 1.97. The Morgan fingerprint density at radius 1 is 1.40 bits per heavy atom. The van der Waals surface area contributed by atoms with Crippen molar-refractivity contribution in [3.63, 3.8) is 0 Å². The van der Waals surface area contributed by atoms with Crippen LogP contribution in [0.3, 0.4) is 0 Å². The molecule has 0 saturated heterocycles. The van der Waals surface area contributed by atoms with Gasteiger partial charge in [-0.2, -0.15) is 0 Å². The van der Waals surface area contributed by atoms with Gasteiger partial charge in [0.05, 0.1) is 7.11 Å². The molecule has 20 heavy (non-hydrogen) atoms. The average molecular weight is 276 g/mol. The van der Waals surface area contributed by atoms with Gasteiger partial charge in [-0.3, -0.25) is 0 Å². The van der Waals surface area contributed by atoms with Gasteiger partial charge in [0.15, 0.2) is 0 Å². The van der Waals surface area contributed by atoms with Crippen LogP contribution >= 0.6 is 0 Å². The molecule has 112 valence electrons. The molecular weight excluding hydrogens is 248 g/mol. The first-order valence-corrected chi connectivity index (χ1v) is 7.65. The zero-order valence-corrected chi connectivity index (χ0v) is 13.3. The van der Waals surface area contributed by atoms with E-state index in [1.54, 1.807) is 7.11 Å². The number of rotatable bonds is 8. The highest BCUT2D eigenvalue weighted by molar-refractivity contribution is 5.50. The molecule has 1 aromatic rings. The predicted molar refractivity (Wildman–Crippen MR) is 85.7 cm³/mol. The van der Waals surface area contributed by atoms with Crippen LogP contribution in [-0.2, 0) is 0 Å². The molecule has 0 amide bonds. The third kappa shape index (κ3) is 4.14. The first kappa shape index (κ1) is 15.2. The van der Waals surface area contributed by atoms with Crippen molar-refractivity contribution in [3.8, 4) is 5.75 Å². The van der Waals surface area contributed by atoms with Gasteiger partial charge in [0.25, 0.3) is 0 Å². The first-order chi connectivity index (χ1) is 9.56. The summed E-state index contributed by atoms with van der Waals surface area (Å²) in [5.74, 6) is 0.920. The van der Waals surface area contributed by atoms with Crippen molar-refractivity contribution in [1.82, 2.24) is 5.32 Å². The monoisotopic (exact) mass is 276 g/mol. The fourth-order valence-corrected chi connectivity index (χ4v) is 2.48. The highest BCUT2D eigenvalue weighted by Crippen LogP contribution is 2.28. The molecule has 0 spiro atoms. The maximum atomic E-state index is 5.31. The number of methoxy groups -OCH3 is 1. The van der Waals surface area contributed by atoms with Gasteiger partial charge in [-0.15, -0.1) is 0 Å². The van der Waals surface area contributed by atoms with E-state index in [1.807, 2.05) is 6.07 Å². The highest BCUT2D eigenvalue weighted by Gasteiger charge is 2.28. The SMILES string of the molecule is CCC(C)(CNC1CC1)CN(C)c1cccc(OC)c1.